The van der Waals surface area contributed by atoms with E-state index in [0.29, 0.717) is 16.8 Å². The number of nitrogens with zero attached hydrogens (tertiary/aromatic N) is 1. The van der Waals surface area contributed by atoms with Gasteiger partial charge in [-0.3, -0.25) is 0 Å². The van der Waals surface area contributed by atoms with Gasteiger partial charge in [0.15, 0.2) is 0 Å². The van der Waals surface area contributed by atoms with Gasteiger partial charge in [0.25, 0.3) is 0 Å². The first-order chi connectivity index (χ1) is 11.7. The molecule has 120 valence electrons. The van der Waals surface area contributed by atoms with Crippen LogP contribution in [0.5, 0.6) is 17.2 Å². The second-order valence-electron chi connectivity index (χ2n) is 5.13. The number of terminal acetylenes is 1. The second-order valence-corrected chi connectivity index (χ2v) is 5.13. The van der Waals surface area contributed by atoms with Crippen molar-refractivity contribution in [2.45, 2.75) is 20.5 Å². The molecule has 4 rings (SSSR count). The number of phenols is 2. The van der Waals surface area contributed by atoms with E-state index in [0.717, 1.165) is 22.2 Å². The molecule has 0 atom stereocenters. The van der Waals surface area contributed by atoms with E-state index in [4.69, 9.17) is 11.2 Å². The predicted molar refractivity (Wildman–Crippen MR) is 94.1 cm³/mol. The molecular weight excluding hydrogens is 302 g/mol. The van der Waals surface area contributed by atoms with E-state index in [2.05, 4.69) is 10.9 Å². The number of aromatic nitrogens is 1. The normalized spacial score (nSPS) is 11.4. The van der Waals surface area contributed by atoms with E-state index in [1.165, 1.54) is 0 Å². The van der Waals surface area contributed by atoms with Crippen molar-refractivity contribution in [3.63, 3.8) is 0 Å². The Hall–Kier alpha value is -3.19. The van der Waals surface area contributed by atoms with Crippen LogP contribution in [0.1, 0.15) is 25.0 Å². The van der Waals surface area contributed by atoms with Gasteiger partial charge in [-0.1, -0.05) is 19.8 Å². The first-order valence-electron chi connectivity index (χ1n) is 7.76. The molecular formula is C20H17NO3. The molecule has 1 aliphatic heterocycles. The molecule has 0 unspecified atom stereocenters. The van der Waals surface area contributed by atoms with Gasteiger partial charge in [-0.05, 0) is 30.3 Å². The van der Waals surface area contributed by atoms with E-state index < -0.39 is 0 Å². The van der Waals surface area contributed by atoms with Crippen LogP contribution in [-0.2, 0) is 6.61 Å². The molecule has 0 radical (unpaired) electrons. The van der Waals surface area contributed by atoms with Gasteiger partial charge < -0.3 is 14.9 Å². The molecule has 0 spiro atoms. The average Bonchev–Trinajstić information content (AvgIpc) is 2.61. The highest BCUT2D eigenvalue weighted by Crippen LogP contribution is 2.41. The van der Waals surface area contributed by atoms with Gasteiger partial charge in [0.2, 0.25) is 0 Å². The molecule has 1 aromatic heterocycles. The quantitative estimate of drug-likeness (QED) is 0.609. The minimum atomic E-state index is 0.144. The fraction of sp³-hybridized carbons (Fsp3) is 0.150. The van der Waals surface area contributed by atoms with Gasteiger partial charge in [0, 0.05) is 28.1 Å². The Balaban J connectivity index is 0.000000815. The standard InChI is InChI=1S/C18H11NO3.C2H6/c1-2-12-14-7-10(20)4-6-16(14)19-18-13-5-3-11(21)8-17(13)22-9-15(12)18;1-2/h1,3-8,20-21H,9H2;1-2H3. The third-order valence-corrected chi connectivity index (χ3v) is 3.81. The van der Waals surface area contributed by atoms with Crippen LogP contribution >= 0.6 is 0 Å². The number of benzene rings is 2. The topological polar surface area (TPSA) is 62.6 Å². The van der Waals surface area contributed by atoms with Crippen LogP contribution in [0.25, 0.3) is 22.2 Å². The number of aromatic hydroxyl groups is 2. The number of pyridine rings is 1. The number of ether oxygens (including phenoxy) is 1. The zero-order valence-electron chi connectivity index (χ0n) is 13.5. The predicted octanol–water partition coefficient (Wildman–Crippen LogP) is 4.21. The molecule has 0 bridgehead atoms. The summed E-state index contributed by atoms with van der Waals surface area (Å²) in [7, 11) is 0. The van der Waals surface area contributed by atoms with Crippen molar-refractivity contribution in [2.24, 2.45) is 0 Å². The lowest BCUT2D eigenvalue weighted by atomic mass is 9.95. The molecule has 4 heteroatoms. The van der Waals surface area contributed by atoms with Gasteiger partial charge in [0.05, 0.1) is 11.2 Å². The minimum Gasteiger partial charge on any atom is -0.508 e. The zero-order chi connectivity index (χ0) is 17.3. The molecule has 0 aliphatic carbocycles. The SMILES string of the molecule is C#Cc1c2c(nc3ccc(O)cc13)-c1ccc(O)cc1OC2.CC. The van der Waals surface area contributed by atoms with Gasteiger partial charge >= 0.3 is 0 Å². The third-order valence-electron chi connectivity index (χ3n) is 3.81. The van der Waals surface area contributed by atoms with Gasteiger partial charge in [0.1, 0.15) is 23.9 Å². The lowest BCUT2D eigenvalue weighted by Crippen LogP contribution is -2.10. The summed E-state index contributed by atoms with van der Waals surface area (Å²) in [5.41, 5.74) is 3.76. The summed E-state index contributed by atoms with van der Waals surface area (Å²) in [6.45, 7) is 4.28. The Morgan fingerprint density at radius 2 is 1.79 bits per heavy atom. The first kappa shape index (κ1) is 15.7. The van der Waals surface area contributed by atoms with Crippen LogP contribution in [-0.4, -0.2) is 15.2 Å². The molecule has 0 fully saturated rings. The summed E-state index contributed by atoms with van der Waals surface area (Å²) in [6, 6.07) is 9.86. The van der Waals surface area contributed by atoms with Crippen molar-refractivity contribution < 1.29 is 14.9 Å². The summed E-state index contributed by atoms with van der Waals surface area (Å²) in [4.78, 5) is 4.67. The Kier molecular flexibility index (Phi) is 4.01. The minimum absolute atomic E-state index is 0.144. The molecule has 24 heavy (non-hydrogen) atoms. The number of phenolic OH excluding ortho intramolecular Hbond substituents is 2. The number of rotatable bonds is 0. The van der Waals surface area contributed by atoms with Gasteiger partial charge in [-0.25, -0.2) is 4.98 Å². The summed E-state index contributed by atoms with van der Waals surface area (Å²) in [5, 5.41) is 20.0. The molecule has 4 nitrogen and oxygen atoms in total. The van der Waals surface area contributed by atoms with Crippen LogP contribution in [0, 0.1) is 12.3 Å². The maximum atomic E-state index is 9.69. The van der Waals surface area contributed by atoms with E-state index >= 15 is 0 Å². The fourth-order valence-corrected chi connectivity index (χ4v) is 2.79. The third kappa shape index (κ3) is 2.40. The van der Waals surface area contributed by atoms with Gasteiger partial charge in [-0.15, -0.1) is 6.42 Å². The molecule has 2 aromatic carbocycles. The average molecular weight is 319 g/mol. The van der Waals surface area contributed by atoms with Crippen LogP contribution in [0.3, 0.4) is 0 Å². The number of hydrogen-bond donors (Lipinski definition) is 2. The fourth-order valence-electron chi connectivity index (χ4n) is 2.79. The van der Waals surface area contributed by atoms with Crippen molar-refractivity contribution in [3.8, 4) is 40.8 Å². The smallest absolute Gasteiger partial charge is 0.132 e. The van der Waals surface area contributed by atoms with E-state index in [9.17, 15) is 10.2 Å². The monoisotopic (exact) mass is 319 g/mol. The van der Waals surface area contributed by atoms with E-state index in [1.54, 1.807) is 36.4 Å². The molecule has 1 aliphatic rings. The lowest BCUT2D eigenvalue weighted by molar-refractivity contribution is 0.299. The Bertz CT molecular complexity index is 971. The van der Waals surface area contributed by atoms with Crippen LogP contribution in [0.15, 0.2) is 36.4 Å². The summed E-state index contributed by atoms with van der Waals surface area (Å²) in [5.74, 6) is 3.56. The number of hydrogen-bond acceptors (Lipinski definition) is 4. The molecule has 0 saturated carbocycles. The largest absolute Gasteiger partial charge is 0.508 e. The zero-order valence-corrected chi connectivity index (χ0v) is 13.5. The molecule has 0 amide bonds. The Labute approximate surface area is 140 Å². The van der Waals surface area contributed by atoms with Crippen molar-refractivity contribution in [1.29, 1.82) is 0 Å². The second kappa shape index (κ2) is 6.13. The van der Waals surface area contributed by atoms with Crippen molar-refractivity contribution >= 4 is 10.9 Å². The van der Waals surface area contributed by atoms with Crippen molar-refractivity contribution in [3.05, 3.63) is 47.5 Å². The highest BCUT2D eigenvalue weighted by molar-refractivity contribution is 5.92. The number of fused-ring (bicyclic) bond motifs is 4. The lowest BCUT2D eigenvalue weighted by Gasteiger charge is -2.22. The van der Waals surface area contributed by atoms with Crippen molar-refractivity contribution in [2.75, 3.05) is 0 Å². The summed E-state index contributed by atoms with van der Waals surface area (Å²) in [6.07, 6.45) is 5.68. The Morgan fingerprint density at radius 1 is 1.08 bits per heavy atom. The molecule has 2 heterocycles. The maximum Gasteiger partial charge on any atom is 0.132 e. The molecule has 2 N–H and O–H groups in total. The molecule has 0 saturated heterocycles. The maximum absolute atomic E-state index is 9.69. The first-order valence-corrected chi connectivity index (χ1v) is 7.76. The van der Waals surface area contributed by atoms with Crippen LogP contribution in [0.2, 0.25) is 0 Å². The Morgan fingerprint density at radius 3 is 2.54 bits per heavy atom. The molecule has 3 aromatic rings. The van der Waals surface area contributed by atoms with E-state index in [1.807, 2.05) is 13.8 Å². The summed E-state index contributed by atoms with van der Waals surface area (Å²) >= 11 is 0. The van der Waals surface area contributed by atoms with Crippen molar-refractivity contribution in [1.82, 2.24) is 4.98 Å². The summed E-state index contributed by atoms with van der Waals surface area (Å²) < 4.78 is 5.69. The van der Waals surface area contributed by atoms with E-state index in [-0.39, 0.29) is 18.1 Å². The highest BCUT2D eigenvalue weighted by Gasteiger charge is 2.23. The van der Waals surface area contributed by atoms with Crippen LogP contribution in [0.4, 0.5) is 0 Å². The highest BCUT2D eigenvalue weighted by atomic mass is 16.5. The van der Waals surface area contributed by atoms with Gasteiger partial charge in [-0.2, -0.15) is 0 Å². The van der Waals surface area contributed by atoms with Crippen LogP contribution < -0.4 is 4.74 Å².